The van der Waals surface area contributed by atoms with Gasteiger partial charge in [0.05, 0.1) is 0 Å². The normalized spacial score (nSPS) is 11.0. The monoisotopic (exact) mass is 471 g/mol. The molecule has 1 heterocycles. The van der Waals surface area contributed by atoms with Gasteiger partial charge in [-0.3, -0.25) is 4.99 Å². The van der Waals surface area contributed by atoms with Gasteiger partial charge in [0.2, 0.25) is 0 Å². The Kier molecular flexibility index (Phi) is 10.0. The number of benzene rings is 1. The Balaban J connectivity index is 0.00000338. The third-order valence-corrected chi connectivity index (χ3v) is 4.04. The third-order valence-electron chi connectivity index (χ3n) is 4.04. The fraction of sp³-hybridized carbons (Fsp3) is 0.500. The minimum absolute atomic E-state index is 0. The SMILES string of the molecule is CCc1nncn1CCNC(=NC)NCCc1ccc(N(C)C)cc1.I. The third kappa shape index (κ3) is 6.81. The van der Waals surface area contributed by atoms with Gasteiger partial charge in [-0.2, -0.15) is 0 Å². The zero-order valence-corrected chi connectivity index (χ0v) is 18.4. The lowest BCUT2D eigenvalue weighted by molar-refractivity contribution is 0.632. The van der Waals surface area contributed by atoms with Crippen LogP contribution in [-0.4, -0.2) is 55.0 Å². The van der Waals surface area contributed by atoms with Crippen molar-refractivity contribution in [3.05, 3.63) is 42.0 Å². The Bertz CT molecular complexity index is 664. The van der Waals surface area contributed by atoms with Crippen molar-refractivity contribution in [2.45, 2.75) is 26.3 Å². The van der Waals surface area contributed by atoms with E-state index in [2.05, 4.69) is 80.6 Å². The van der Waals surface area contributed by atoms with Crippen LogP contribution in [0.2, 0.25) is 0 Å². The molecule has 7 nitrogen and oxygen atoms in total. The first-order valence-electron chi connectivity index (χ1n) is 8.71. The molecule has 0 saturated carbocycles. The summed E-state index contributed by atoms with van der Waals surface area (Å²) in [6.45, 7) is 4.53. The van der Waals surface area contributed by atoms with Gasteiger partial charge in [0.25, 0.3) is 0 Å². The summed E-state index contributed by atoms with van der Waals surface area (Å²) in [4.78, 5) is 6.37. The molecule has 0 amide bonds. The lowest BCUT2D eigenvalue weighted by Crippen LogP contribution is -2.39. The molecule has 0 spiro atoms. The first-order chi connectivity index (χ1) is 12.1. The number of guanidine groups is 1. The van der Waals surface area contributed by atoms with Crippen LogP contribution in [-0.2, 0) is 19.4 Å². The number of hydrogen-bond acceptors (Lipinski definition) is 4. The predicted molar refractivity (Wildman–Crippen MR) is 119 cm³/mol. The summed E-state index contributed by atoms with van der Waals surface area (Å²) in [7, 11) is 5.89. The predicted octanol–water partition coefficient (Wildman–Crippen LogP) is 1.93. The molecule has 0 aliphatic carbocycles. The fourth-order valence-corrected chi connectivity index (χ4v) is 2.54. The average molecular weight is 471 g/mol. The standard InChI is InChI=1S/C18H29N7.HI/c1-5-17-23-22-14-25(17)13-12-21-18(19-2)20-11-10-15-6-8-16(9-7-15)24(3)4;/h6-9,14H,5,10-13H2,1-4H3,(H2,19,20,21);1H. The topological polar surface area (TPSA) is 70.4 Å². The summed E-state index contributed by atoms with van der Waals surface area (Å²) in [5.74, 6) is 1.82. The highest BCUT2D eigenvalue weighted by Gasteiger charge is 2.02. The number of rotatable bonds is 8. The Morgan fingerprint density at radius 2 is 1.85 bits per heavy atom. The number of halogens is 1. The molecule has 0 fully saturated rings. The van der Waals surface area contributed by atoms with Crippen LogP contribution in [0.15, 0.2) is 35.6 Å². The van der Waals surface area contributed by atoms with Gasteiger partial charge < -0.3 is 20.1 Å². The zero-order chi connectivity index (χ0) is 18.1. The van der Waals surface area contributed by atoms with Crippen molar-refractivity contribution in [3.63, 3.8) is 0 Å². The van der Waals surface area contributed by atoms with E-state index in [4.69, 9.17) is 0 Å². The molecule has 1 aromatic heterocycles. The maximum Gasteiger partial charge on any atom is 0.191 e. The largest absolute Gasteiger partial charge is 0.378 e. The molecule has 0 aliphatic heterocycles. The highest BCUT2D eigenvalue weighted by atomic mass is 127. The van der Waals surface area contributed by atoms with Crippen molar-refractivity contribution >= 4 is 35.6 Å². The van der Waals surface area contributed by atoms with Gasteiger partial charge in [-0.15, -0.1) is 34.2 Å². The van der Waals surface area contributed by atoms with Crippen molar-refractivity contribution in [2.24, 2.45) is 4.99 Å². The van der Waals surface area contributed by atoms with Gasteiger partial charge in [0, 0.05) is 52.9 Å². The van der Waals surface area contributed by atoms with Crippen LogP contribution in [0.25, 0.3) is 0 Å². The number of aryl methyl sites for hydroxylation is 1. The van der Waals surface area contributed by atoms with Gasteiger partial charge in [-0.1, -0.05) is 19.1 Å². The quantitative estimate of drug-likeness (QED) is 0.350. The summed E-state index contributed by atoms with van der Waals surface area (Å²) >= 11 is 0. The first-order valence-corrected chi connectivity index (χ1v) is 8.71. The smallest absolute Gasteiger partial charge is 0.191 e. The van der Waals surface area contributed by atoms with Crippen molar-refractivity contribution < 1.29 is 0 Å². The van der Waals surface area contributed by atoms with Crippen LogP contribution >= 0.6 is 24.0 Å². The van der Waals surface area contributed by atoms with E-state index < -0.39 is 0 Å². The molecule has 8 heteroatoms. The van der Waals surface area contributed by atoms with Crippen molar-refractivity contribution in [1.82, 2.24) is 25.4 Å². The van der Waals surface area contributed by atoms with Crippen molar-refractivity contribution in [2.75, 3.05) is 39.1 Å². The zero-order valence-electron chi connectivity index (χ0n) is 16.1. The Labute approximate surface area is 173 Å². The van der Waals surface area contributed by atoms with E-state index in [1.807, 2.05) is 0 Å². The molecule has 2 N–H and O–H groups in total. The molecule has 0 unspecified atom stereocenters. The Morgan fingerprint density at radius 1 is 1.15 bits per heavy atom. The maximum atomic E-state index is 4.27. The second kappa shape index (κ2) is 11.7. The van der Waals surface area contributed by atoms with Crippen molar-refractivity contribution in [3.8, 4) is 0 Å². The van der Waals surface area contributed by atoms with Crippen LogP contribution in [0.4, 0.5) is 5.69 Å². The van der Waals surface area contributed by atoms with Crippen molar-refractivity contribution in [1.29, 1.82) is 0 Å². The molecular formula is C18H30IN7. The lowest BCUT2D eigenvalue weighted by atomic mass is 10.1. The number of aromatic nitrogens is 3. The minimum Gasteiger partial charge on any atom is -0.378 e. The van der Waals surface area contributed by atoms with E-state index in [9.17, 15) is 0 Å². The summed E-state index contributed by atoms with van der Waals surface area (Å²) in [6.07, 6.45) is 3.62. The van der Waals surface area contributed by atoms with E-state index in [0.29, 0.717) is 0 Å². The molecule has 0 aliphatic rings. The molecule has 26 heavy (non-hydrogen) atoms. The lowest BCUT2D eigenvalue weighted by Gasteiger charge is -2.14. The van der Waals surface area contributed by atoms with Gasteiger partial charge in [0.15, 0.2) is 5.96 Å². The fourth-order valence-electron chi connectivity index (χ4n) is 2.54. The molecule has 2 rings (SSSR count). The van der Waals surface area contributed by atoms with Gasteiger partial charge >= 0.3 is 0 Å². The molecular weight excluding hydrogens is 441 g/mol. The molecule has 1 aromatic carbocycles. The van der Waals surface area contributed by atoms with E-state index >= 15 is 0 Å². The van der Waals surface area contributed by atoms with Crippen LogP contribution in [0, 0.1) is 0 Å². The second-order valence-electron chi connectivity index (χ2n) is 6.03. The van der Waals surface area contributed by atoms with Crippen LogP contribution < -0.4 is 15.5 Å². The van der Waals surface area contributed by atoms with Crippen LogP contribution in [0.3, 0.4) is 0 Å². The van der Waals surface area contributed by atoms with E-state index in [-0.39, 0.29) is 24.0 Å². The number of nitrogens with zero attached hydrogens (tertiary/aromatic N) is 5. The highest BCUT2D eigenvalue weighted by Crippen LogP contribution is 2.12. The number of aliphatic imine (C=N–C) groups is 1. The minimum atomic E-state index is 0. The van der Waals surface area contributed by atoms with Gasteiger partial charge in [0.1, 0.15) is 12.2 Å². The van der Waals surface area contributed by atoms with E-state index in [1.54, 1.807) is 13.4 Å². The molecule has 0 atom stereocenters. The summed E-state index contributed by atoms with van der Waals surface area (Å²) in [6, 6.07) is 8.64. The van der Waals surface area contributed by atoms with Crippen LogP contribution in [0.1, 0.15) is 18.3 Å². The number of hydrogen-bond donors (Lipinski definition) is 2. The summed E-state index contributed by atoms with van der Waals surface area (Å²) in [5, 5.41) is 14.7. The van der Waals surface area contributed by atoms with Crippen LogP contribution in [0.5, 0.6) is 0 Å². The van der Waals surface area contributed by atoms with E-state index in [0.717, 1.165) is 44.3 Å². The number of nitrogens with one attached hydrogen (secondary N) is 2. The van der Waals surface area contributed by atoms with Gasteiger partial charge in [-0.05, 0) is 24.1 Å². The number of anilines is 1. The maximum absolute atomic E-state index is 4.27. The average Bonchev–Trinajstić information content (AvgIpc) is 3.08. The van der Waals surface area contributed by atoms with E-state index in [1.165, 1.54) is 11.3 Å². The highest BCUT2D eigenvalue weighted by molar-refractivity contribution is 14.0. The summed E-state index contributed by atoms with van der Waals surface area (Å²) in [5.41, 5.74) is 2.53. The Morgan fingerprint density at radius 3 is 2.46 bits per heavy atom. The first kappa shape index (κ1) is 22.2. The molecule has 0 saturated heterocycles. The molecule has 0 radical (unpaired) electrons. The van der Waals surface area contributed by atoms with Gasteiger partial charge in [-0.25, -0.2) is 0 Å². The summed E-state index contributed by atoms with van der Waals surface area (Å²) < 4.78 is 2.06. The second-order valence-corrected chi connectivity index (χ2v) is 6.03. The molecule has 144 valence electrons. The Hall–Kier alpha value is -1.84. The molecule has 2 aromatic rings. The molecule has 0 bridgehead atoms.